The average Bonchev–Trinajstić information content (AvgIpc) is 2.73. The van der Waals surface area contributed by atoms with Crippen LogP contribution in [0.25, 0.3) is 0 Å². The molecule has 3 rings (SSSR count). The lowest BCUT2D eigenvalue weighted by Gasteiger charge is -2.32. The van der Waals surface area contributed by atoms with E-state index >= 15 is 0 Å². The van der Waals surface area contributed by atoms with E-state index in [2.05, 4.69) is 36.3 Å². The van der Waals surface area contributed by atoms with Gasteiger partial charge >= 0.3 is 0 Å². The lowest BCUT2D eigenvalue weighted by molar-refractivity contribution is -0.119. The van der Waals surface area contributed by atoms with Crippen molar-refractivity contribution in [1.29, 1.82) is 0 Å². The summed E-state index contributed by atoms with van der Waals surface area (Å²) in [5.41, 5.74) is 4.96. The fourth-order valence-corrected chi connectivity index (χ4v) is 3.01. The molecule has 1 aromatic carbocycles. The third-order valence-corrected chi connectivity index (χ3v) is 4.85. The summed E-state index contributed by atoms with van der Waals surface area (Å²) in [6.07, 6.45) is 2.64. The lowest BCUT2D eigenvalue weighted by Crippen LogP contribution is -2.47. The van der Waals surface area contributed by atoms with Crippen molar-refractivity contribution in [1.82, 2.24) is 14.8 Å². The van der Waals surface area contributed by atoms with Gasteiger partial charge in [0.25, 0.3) is 0 Å². The minimum absolute atomic E-state index is 0.676. The van der Waals surface area contributed by atoms with E-state index in [4.69, 9.17) is 4.74 Å². The van der Waals surface area contributed by atoms with Crippen LogP contribution in [0.5, 0.6) is 5.75 Å². The molecule has 1 amide bonds. The maximum atomic E-state index is 10.9. The Labute approximate surface area is 167 Å². The highest BCUT2D eigenvalue weighted by atomic mass is 79.9. The zero-order chi connectivity index (χ0) is 19.1. The third kappa shape index (κ3) is 5.51. The smallest absolute Gasteiger partial charge is 0.209 e. The summed E-state index contributed by atoms with van der Waals surface area (Å²) in [6, 6.07) is 11.6. The first-order valence-corrected chi connectivity index (χ1v) is 9.47. The van der Waals surface area contributed by atoms with Gasteiger partial charge in [0.15, 0.2) is 0 Å². The number of ether oxygens (including phenoxy) is 1. The minimum atomic E-state index is 0.676. The van der Waals surface area contributed by atoms with E-state index in [0.717, 1.165) is 54.1 Å². The van der Waals surface area contributed by atoms with E-state index in [1.54, 1.807) is 18.2 Å². The van der Waals surface area contributed by atoms with Crippen LogP contribution in [0.2, 0.25) is 0 Å². The van der Waals surface area contributed by atoms with Gasteiger partial charge < -0.3 is 9.64 Å². The predicted octanol–water partition coefficient (Wildman–Crippen LogP) is 2.44. The predicted molar refractivity (Wildman–Crippen MR) is 109 cm³/mol. The SMILES string of the molecule is COc1ccc(/C(CN2CCN(C=O)CC2)=N\Nc2ccc(Br)cn2)cc1. The number of nitrogens with one attached hydrogen (secondary N) is 1. The molecule has 1 fully saturated rings. The molecule has 0 atom stereocenters. The number of halogens is 1. The van der Waals surface area contributed by atoms with Gasteiger partial charge in [-0.25, -0.2) is 4.98 Å². The van der Waals surface area contributed by atoms with Crippen molar-refractivity contribution in [2.45, 2.75) is 0 Å². The molecule has 0 spiro atoms. The Hall–Kier alpha value is -2.45. The fourth-order valence-electron chi connectivity index (χ4n) is 2.78. The summed E-state index contributed by atoms with van der Waals surface area (Å²) in [6.45, 7) is 3.81. The van der Waals surface area contributed by atoms with Gasteiger partial charge in [0.05, 0.1) is 12.8 Å². The van der Waals surface area contributed by atoms with E-state index in [1.807, 2.05) is 36.4 Å². The first-order valence-electron chi connectivity index (χ1n) is 8.68. The number of pyridine rings is 1. The van der Waals surface area contributed by atoms with Crippen LogP contribution >= 0.6 is 15.9 Å². The second kappa shape index (κ2) is 9.48. The van der Waals surface area contributed by atoms with Crippen molar-refractivity contribution in [2.75, 3.05) is 45.3 Å². The van der Waals surface area contributed by atoms with Gasteiger partial charge in [-0.05, 0) is 57.9 Å². The summed E-state index contributed by atoms with van der Waals surface area (Å²) in [5.74, 6) is 1.48. The van der Waals surface area contributed by atoms with E-state index in [9.17, 15) is 4.79 Å². The number of nitrogens with zero attached hydrogens (tertiary/aromatic N) is 4. The molecule has 1 saturated heterocycles. The van der Waals surface area contributed by atoms with Crippen LogP contribution in [0, 0.1) is 0 Å². The summed E-state index contributed by atoms with van der Waals surface area (Å²) < 4.78 is 6.16. The first kappa shape index (κ1) is 19.3. The Bertz CT molecular complexity index is 772. The van der Waals surface area contributed by atoms with E-state index < -0.39 is 0 Å². The van der Waals surface area contributed by atoms with Gasteiger partial charge in [-0.1, -0.05) is 0 Å². The van der Waals surface area contributed by atoms with Crippen molar-refractivity contribution in [3.05, 3.63) is 52.6 Å². The molecule has 0 radical (unpaired) electrons. The van der Waals surface area contributed by atoms with E-state index in [0.29, 0.717) is 12.4 Å². The van der Waals surface area contributed by atoms with Gasteiger partial charge in [-0.2, -0.15) is 5.10 Å². The fraction of sp³-hybridized carbons (Fsp3) is 0.316. The number of hydrogen-bond donors (Lipinski definition) is 1. The van der Waals surface area contributed by atoms with Crippen molar-refractivity contribution in [2.24, 2.45) is 5.10 Å². The number of carbonyl (C=O) groups is 1. The number of hydrogen-bond acceptors (Lipinski definition) is 6. The molecule has 2 heterocycles. The molecule has 1 aliphatic heterocycles. The molecular weight excluding hydrogens is 410 g/mol. The van der Waals surface area contributed by atoms with Crippen LogP contribution < -0.4 is 10.2 Å². The number of amides is 1. The highest BCUT2D eigenvalue weighted by molar-refractivity contribution is 9.10. The summed E-state index contributed by atoms with van der Waals surface area (Å²) in [7, 11) is 1.65. The van der Waals surface area contributed by atoms with Crippen LogP contribution in [-0.4, -0.2) is 66.7 Å². The second-order valence-electron chi connectivity index (χ2n) is 6.18. The molecule has 7 nitrogen and oxygen atoms in total. The van der Waals surface area contributed by atoms with Crippen LogP contribution in [-0.2, 0) is 4.79 Å². The van der Waals surface area contributed by atoms with Crippen LogP contribution in [0.4, 0.5) is 5.82 Å². The number of benzene rings is 1. The monoisotopic (exact) mass is 431 g/mol. The molecule has 1 aromatic heterocycles. The van der Waals surface area contributed by atoms with E-state index in [-0.39, 0.29) is 0 Å². The van der Waals surface area contributed by atoms with Crippen molar-refractivity contribution in [3.8, 4) is 5.75 Å². The number of piperazine rings is 1. The molecule has 0 unspecified atom stereocenters. The Morgan fingerprint density at radius 1 is 1.22 bits per heavy atom. The first-order chi connectivity index (χ1) is 13.2. The lowest BCUT2D eigenvalue weighted by atomic mass is 10.1. The summed E-state index contributed by atoms with van der Waals surface area (Å²) in [4.78, 5) is 19.3. The molecule has 1 N–H and O–H groups in total. The molecule has 27 heavy (non-hydrogen) atoms. The van der Waals surface area contributed by atoms with Crippen LogP contribution in [0.15, 0.2) is 52.2 Å². The second-order valence-corrected chi connectivity index (χ2v) is 7.09. The zero-order valence-electron chi connectivity index (χ0n) is 15.1. The third-order valence-electron chi connectivity index (χ3n) is 4.39. The summed E-state index contributed by atoms with van der Waals surface area (Å²) in [5, 5.41) is 4.61. The maximum Gasteiger partial charge on any atom is 0.209 e. The number of carbonyl (C=O) groups excluding carboxylic acids is 1. The Morgan fingerprint density at radius 3 is 2.56 bits per heavy atom. The molecule has 8 heteroatoms. The zero-order valence-corrected chi connectivity index (χ0v) is 16.7. The number of rotatable bonds is 7. The number of methoxy groups -OCH3 is 1. The molecule has 1 aliphatic rings. The van der Waals surface area contributed by atoms with Crippen molar-refractivity contribution < 1.29 is 9.53 Å². The average molecular weight is 432 g/mol. The van der Waals surface area contributed by atoms with Gasteiger partial charge in [-0.15, -0.1) is 0 Å². The highest BCUT2D eigenvalue weighted by Crippen LogP contribution is 2.15. The number of anilines is 1. The van der Waals surface area contributed by atoms with Gasteiger partial charge in [0.2, 0.25) is 6.41 Å². The molecule has 0 aliphatic carbocycles. The van der Waals surface area contributed by atoms with Gasteiger partial charge in [0, 0.05) is 43.4 Å². The minimum Gasteiger partial charge on any atom is -0.497 e. The van der Waals surface area contributed by atoms with E-state index in [1.165, 1.54) is 0 Å². The standard InChI is InChI=1S/C19H22BrN5O2/c1-27-17-5-2-15(3-6-17)18(13-24-8-10-25(14-26)11-9-24)22-23-19-7-4-16(20)12-21-19/h2-7,12,14H,8-11,13H2,1H3,(H,21,23)/b22-18-. The molecule has 0 saturated carbocycles. The number of aromatic nitrogens is 1. The molecule has 0 bridgehead atoms. The Balaban J connectivity index is 1.76. The quantitative estimate of drug-likeness (QED) is 0.414. The highest BCUT2D eigenvalue weighted by Gasteiger charge is 2.18. The van der Waals surface area contributed by atoms with Crippen molar-refractivity contribution >= 4 is 33.9 Å². The summed E-state index contributed by atoms with van der Waals surface area (Å²) >= 11 is 3.38. The molecule has 2 aromatic rings. The normalized spacial score (nSPS) is 15.5. The Morgan fingerprint density at radius 2 is 1.96 bits per heavy atom. The molecule has 142 valence electrons. The van der Waals surface area contributed by atoms with Crippen LogP contribution in [0.1, 0.15) is 5.56 Å². The topological polar surface area (TPSA) is 70.1 Å². The number of hydrazone groups is 1. The van der Waals surface area contributed by atoms with Crippen LogP contribution in [0.3, 0.4) is 0 Å². The van der Waals surface area contributed by atoms with Gasteiger partial charge in [-0.3, -0.25) is 15.1 Å². The van der Waals surface area contributed by atoms with Crippen molar-refractivity contribution in [3.63, 3.8) is 0 Å². The largest absolute Gasteiger partial charge is 0.497 e. The Kier molecular flexibility index (Phi) is 6.78. The molecular formula is C19H22BrN5O2. The maximum absolute atomic E-state index is 10.9. The van der Waals surface area contributed by atoms with Gasteiger partial charge in [0.1, 0.15) is 11.6 Å².